The predicted octanol–water partition coefficient (Wildman–Crippen LogP) is 2.00. The van der Waals surface area contributed by atoms with E-state index in [9.17, 15) is 13.2 Å². The number of amides is 1. The standard InChI is InChI=1S/C16H22N2O3S/c1-12(13-7-8-13)17-16(19)14-5-4-6-15(11-14)22(20,21)18-9-2-3-10-18/h4-6,11-13H,2-3,7-10H2,1H3,(H,17,19)/t12-/m0/s1. The summed E-state index contributed by atoms with van der Waals surface area (Å²) in [5.74, 6) is 0.373. The molecular formula is C16H22N2O3S. The molecule has 1 saturated carbocycles. The van der Waals surface area contributed by atoms with Crippen LogP contribution in [0.4, 0.5) is 0 Å². The van der Waals surface area contributed by atoms with Crippen LogP contribution in [-0.4, -0.2) is 37.8 Å². The van der Waals surface area contributed by atoms with Crippen LogP contribution in [0.15, 0.2) is 29.2 Å². The molecule has 1 aromatic rings. The van der Waals surface area contributed by atoms with Crippen molar-refractivity contribution in [2.24, 2.45) is 5.92 Å². The molecule has 0 bridgehead atoms. The van der Waals surface area contributed by atoms with Gasteiger partial charge in [-0.15, -0.1) is 0 Å². The minimum absolute atomic E-state index is 0.145. The molecule has 0 unspecified atom stereocenters. The highest BCUT2D eigenvalue weighted by molar-refractivity contribution is 7.89. The summed E-state index contributed by atoms with van der Waals surface area (Å²) in [4.78, 5) is 12.5. The molecule has 3 rings (SSSR count). The maximum atomic E-state index is 12.5. The quantitative estimate of drug-likeness (QED) is 0.901. The fourth-order valence-corrected chi connectivity index (χ4v) is 4.44. The van der Waals surface area contributed by atoms with Crippen LogP contribution in [0.2, 0.25) is 0 Å². The zero-order chi connectivity index (χ0) is 15.7. The highest BCUT2D eigenvalue weighted by Gasteiger charge is 2.30. The third-order valence-electron chi connectivity index (χ3n) is 4.49. The minimum atomic E-state index is -3.47. The van der Waals surface area contributed by atoms with Crippen molar-refractivity contribution in [2.75, 3.05) is 13.1 Å². The van der Waals surface area contributed by atoms with Gasteiger partial charge in [-0.05, 0) is 56.7 Å². The Morgan fingerprint density at radius 3 is 2.59 bits per heavy atom. The van der Waals surface area contributed by atoms with Crippen LogP contribution >= 0.6 is 0 Å². The zero-order valence-electron chi connectivity index (χ0n) is 12.8. The van der Waals surface area contributed by atoms with Gasteiger partial charge in [0.15, 0.2) is 0 Å². The van der Waals surface area contributed by atoms with Gasteiger partial charge in [-0.1, -0.05) is 6.07 Å². The Morgan fingerprint density at radius 1 is 1.27 bits per heavy atom. The van der Waals surface area contributed by atoms with Crippen molar-refractivity contribution < 1.29 is 13.2 Å². The molecule has 1 aliphatic heterocycles. The van der Waals surface area contributed by atoms with E-state index in [0.29, 0.717) is 24.6 Å². The fourth-order valence-electron chi connectivity index (χ4n) is 2.88. The Hall–Kier alpha value is -1.40. The third kappa shape index (κ3) is 3.17. The van der Waals surface area contributed by atoms with E-state index >= 15 is 0 Å². The van der Waals surface area contributed by atoms with Crippen LogP contribution in [0.5, 0.6) is 0 Å². The van der Waals surface area contributed by atoms with Crippen LogP contribution in [0.1, 0.15) is 43.0 Å². The van der Waals surface area contributed by atoms with Gasteiger partial charge < -0.3 is 5.32 Å². The van der Waals surface area contributed by atoms with Crippen molar-refractivity contribution in [1.82, 2.24) is 9.62 Å². The molecule has 1 amide bonds. The van der Waals surface area contributed by atoms with Gasteiger partial charge >= 0.3 is 0 Å². The Labute approximate surface area is 131 Å². The molecule has 1 aliphatic carbocycles. The number of benzene rings is 1. The summed E-state index contributed by atoms with van der Waals surface area (Å²) in [7, 11) is -3.47. The van der Waals surface area contributed by atoms with Crippen LogP contribution < -0.4 is 5.32 Å². The number of nitrogens with zero attached hydrogens (tertiary/aromatic N) is 1. The number of carbonyl (C=O) groups is 1. The molecule has 0 aromatic heterocycles. The summed E-state index contributed by atoms with van der Waals surface area (Å²) in [5.41, 5.74) is 0.410. The van der Waals surface area contributed by atoms with Crippen molar-refractivity contribution in [3.8, 4) is 0 Å². The van der Waals surface area contributed by atoms with Gasteiger partial charge in [0.2, 0.25) is 10.0 Å². The lowest BCUT2D eigenvalue weighted by molar-refractivity contribution is 0.0935. The number of sulfonamides is 1. The lowest BCUT2D eigenvalue weighted by Gasteiger charge is -2.17. The Bertz CT molecular complexity index is 662. The van der Waals surface area contributed by atoms with E-state index in [-0.39, 0.29) is 16.8 Å². The van der Waals surface area contributed by atoms with Crippen molar-refractivity contribution in [2.45, 2.75) is 43.5 Å². The van der Waals surface area contributed by atoms with Gasteiger partial charge in [-0.3, -0.25) is 4.79 Å². The van der Waals surface area contributed by atoms with Crippen LogP contribution in [0, 0.1) is 5.92 Å². The van der Waals surface area contributed by atoms with Gasteiger partial charge in [0, 0.05) is 24.7 Å². The molecule has 2 fully saturated rings. The van der Waals surface area contributed by atoms with E-state index in [1.807, 2.05) is 6.92 Å². The SMILES string of the molecule is C[C@H](NC(=O)c1cccc(S(=O)(=O)N2CCCC2)c1)C1CC1. The van der Waals surface area contributed by atoms with Gasteiger partial charge in [-0.25, -0.2) is 8.42 Å². The number of rotatable bonds is 5. The first-order chi connectivity index (χ1) is 10.5. The molecule has 1 aromatic carbocycles. The summed E-state index contributed by atoms with van der Waals surface area (Å²) in [6.45, 7) is 3.13. The predicted molar refractivity (Wildman–Crippen MR) is 84.1 cm³/mol. The van der Waals surface area contributed by atoms with E-state index in [4.69, 9.17) is 0 Å². The average molecular weight is 322 g/mol. The second-order valence-corrected chi connectivity index (χ2v) is 8.18. The molecule has 0 spiro atoms. The number of carbonyl (C=O) groups excluding carboxylic acids is 1. The molecule has 22 heavy (non-hydrogen) atoms. The first kappa shape index (κ1) is 15.5. The maximum Gasteiger partial charge on any atom is 0.251 e. The topological polar surface area (TPSA) is 66.5 Å². The number of nitrogens with one attached hydrogen (secondary N) is 1. The van der Waals surface area contributed by atoms with Gasteiger partial charge in [0.25, 0.3) is 5.91 Å². The van der Waals surface area contributed by atoms with Crippen molar-refractivity contribution in [3.63, 3.8) is 0 Å². The molecule has 120 valence electrons. The van der Waals surface area contributed by atoms with E-state index in [1.54, 1.807) is 18.2 Å². The van der Waals surface area contributed by atoms with Crippen LogP contribution in [-0.2, 0) is 10.0 Å². The van der Waals surface area contributed by atoms with E-state index in [1.165, 1.54) is 10.4 Å². The Morgan fingerprint density at radius 2 is 1.95 bits per heavy atom. The molecule has 6 heteroatoms. The molecule has 1 N–H and O–H groups in total. The molecule has 2 aliphatic rings. The maximum absolute atomic E-state index is 12.5. The lowest BCUT2D eigenvalue weighted by atomic mass is 10.1. The molecule has 1 heterocycles. The second kappa shape index (κ2) is 6.01. The zero-order valence-corrected chi connectivity index (χ0v) is 13.6. The summed E-state index contributed by atoms with van der Waals surface area (Å²) in [5, 5.41) is 2.96. The number of hydrogen-bond acceptors (Lipinski definition) is 3. The summed E-state index contributed by atoms with van der Waals surface area (Å²) in [6.07, 6.45) is 4.12. The highest BCUT2D eigenvalue weighted by atomic mass is 32.2. The lowest BCUT2D eigenvalue weighted by Crippen LogP contribution is -2.34. The van der Waals surface area contributed by atoms with E-state index < -0.39 is 10.0 Å². The molecular weight excluding hydrogens is 300 g/mol. The van der Waals surface area contributed by atoms with Crippen molar-refractivity contribution in [3.05, 3.63) is 29.8 Å². The van der Waals surface area contributed by atoms with Gasteiger partial charge in [0.05, 0.1) is 4.90 Å². The van der Waals surface area contributed by atoms with Crippen LogP contribution in [0.3, 0.4) is 0 Å². The molecule has 0 radical (unpaired) electrons. The van der Waals surface area contributed by atoms with Crippen molar-refractivity contribution >= 4 is 15.9 Å². The van der Waals surface area contributed by atoms with Gasteiger partial charge in [0.1, 0.15) is 0 Å². The monoisotopic (exact) mass is 322 g/mol. The van der Waals surface area contributed by atoms with E-state index in [0.717, 1.165) is 25.7 Å². The normalized spacial score (nSPS) is 20.8. The summed E-state index contributed by atoms with van der Waals surface area (Å²) in [6, 6.07) is 6.50. The first-order valence-corrected chi connectivity index (χ1v) is 9.33. The smallest absolute Gasteiger partial charge is 0.251 e. The van der Waals surface area contributed by atoms with Crippen LogP contribution in [0.25, 0.3) is 0 Å². The summed E-state index contributed by atoms with van der Waals surface area (Å²) >= 11 is 0. The Balaban J connectivity index is 1.78. The average Bonchev–Trinajstić information content (AvgIpc) is 3.21. The molecule has 1 atom stereocenters. The fraction of sp³-hybridized carbons (Fsp3) is 0.562. The third-order valence-corrected chi connectivity index (χ3v) is 6.38. The van der Waals surface area contributed by atoms with Crippen molar-refractivity contribution in [1.29, 1.82) is 0 Å². The molecule has 5 nitrogen and oxygen atoms in total. The largest absolute Gasteiger partial charge is 0.349 e. The van der Waals surface area contributed by atoms with E-state index in [2.05, 4.69) is 5.32 Å². The first-order valence-electron chi connectivity index (χ1n) is 7.89. The Kier molecular flexibility index (Phi) is 4.23. The molecule has 1 saturated heterocycles. The number of hydrogen-bond donors (Lipinski definition) is 1. The highest BCUT2D eigenvalue weighted by Crippen LogP contribution is 2.32. The second-order valence-electron chi connectivity index (χ2n) is 6.24. The minimum Gasteiger partial charge on any atom is -0.349 e. The summed E-state index contributed by atoms with van der Waals surface area (Å²) < 4.78 is 26.6. The van der Waals surface area contributed by atoms with Gasteiger partial charge in [-0.2, -0.15) is 4.31 Å².